The van der Waals surface area contributed by atoms with Crippen LogP contribution in [0.3, 0.4) is 0 Å². The van der Waals surface area contributed by atoms with Crippen LogP contribution in [0.5, 0.6) is 0 Å². The lowest BCUT2D eigenvalue weighted by Crippen LogP contribution is -2.52. The Bertz CT molecular complexity index is 343. The summed E-state index contributed by atoms with van der Waals surface area (Å²) in [5, 5.41) is 14.3. The van der Waals surface area contributed by atoms with Crippen molar-refractivity contribution < 1.29 is 9.47 Å². The maximum atomic E-state index is 9.18. The fourth-order valence-corrected chi connectivity index (χ4v) is 2.07. The summed E-state index contributed by atoms with van der Waals surface area (Å²) in [6.07, 6.45) is -0.586. The van der Waals surface area contributed by atoms with Crippen LogP contribution in [-0.2, 0) is 16.0 Å². The van der Waals surface area contributed by atoms with Crippen molar-refractivity contribution in [3.63, 3.8) is 0 Å². The van der Waals surface area contributed by atoms with Gasteiger partial charge >= 0.3 is 0 Å². The van der Waals surface area contributed by atoms with E-state index in [0.717, 1.165) is 0 Å². The molecule has 0 radical (unpaired) electrons. The first-order chi connectivity index (χ1) is 7.66. The van der Waals surface area contributed by atoms with E-state index in [-0.39, 0.29) is 0 Å². The zero-order valence-electron chi connectivity index (χ0n) is 9.69. The monoisotopic (exact) mass is 240 g/mol. The largest absolute Gasteiger partial charge is 0.353 e. The molecule has 0 spiro atoms. The van der Waals surface area contributed by atoms with E-state index in [0.29, 0.717) is 6.54 Å². The van der Waals surface area contributed by atoms with Gasteiger partial charge < -0.3 is 9.47 Å². The van der Waals surface area contributed by atoms with Gasteiger partial charge in [-0.05, 0) is 18.4 Å². The Hall–Kier alpha value is -0.930. The Labute approximate surface area is 99.8 Å². The number of thiophene rings is 1. The van der Waals surface area contributed by atoms with E-state index in [1.165, 1.54) is 19.1 Å². The smallest absolute Gasteiger partial charge is 0.188 e. The molecular formula is C11H16N2O2S. The Balaban J connectivity index is 2.63. The highest BCUT2D eigenvalue weighted by Crippen LogP contribution is 2.15. The maximum Gasteiger partial charge on any atom is 0.188 e. The molecule has 0 amide bonds. The third-order valence-corrected chi connectivity index (χ3v) is 3.22. The maximum absolute atomic E-state index is 9.18. The SMILES string of the molecule is COC(OC)C(C)(C#N)NCc1cccs1. The lowest BCUT2D eigenvalue weighted by Gasteiger charge is -2.29. The van der Waals surface area contributed by atoms with E-state index in [2.05, 4.69) is 11.4 Å². The van der Waals surface area contributed by atoms with Crippen molar-refractivity contribution in [2.75, 3.05) is 14.2 Å². The summed E-state index contributed by atoms with van der Waals surface area (Å²) in [5.74, 6) is 0. The minimum Gasteiger partial charge on any atom is -0.353 e. The van der Waals surface area contributed by atoms with Gasteiger partial charge in [-0.15, -0.1) is 11.3 Å². The number of nitrogens with zero attached hydrogens (tertiary/aromatic N) is 1. The van der Waals surface area contributed by atoms with Crippen molar-refractivity contribution >= 4 is 11.3 Å². The molecule has 1 atom stereocenters. The molecular weight excluding hydrogens is 224 g/mol. The quantitative estimate of drug-likeness (QED) is 0.769. The van der Waals surface area contributed by atoms with E-state index in [1.807, 2.05) is 17.5 Å². The Kier molecular flexibility index (Phi) is 4.90. The average Bonchev–Trinajstić information content (AvgIpc) is 2.81. The molecule has 0 aliphatic rings. The predicted molar refractivity (Wildman–Crippen MR) is 63.0 cm³/mol. The minimum absolute atomic E-state index is 0.586. The summed E-state index contributed by atoms with van der Waals surface area (Å²) < 4.78 is 10.2. The van der Waals surface area contributed by atoms with Crippen molar-refractivity contribution in [2.45, 2.75) is 25.3 Å². The second kappa shape index (κ2) is 5.97. The zero-order valence-corrected chi connectivity index (χ0v) is 10.5. The number of hydrogen-bond donors (Lipinski definition) is 1. The van der Waals surface area contributed by atoms with Gasteiger partial charge in [-0.3, -0.25) is 5.32 Å². The number of ether oxygens (including phenoxy) is 2. The first-order valence-corrected chi connectivity index (χ1v) is 5.78. The molecule has 5 heteroatoms. The van der Waals surface area contributed by atoms with E-state index in [1.54, 1.807) is 18.3 Å². The number of nitriles is 1. The Morgan fingerprint density at radius 2 is 2.25 bits per heavy atom. The van der Waals surface area contributed by atoms with E-state index >= 15 is 0 Å². The first-order valence-electron chi connectivity index (χ1n) is 4.90. The first kappa shape index (κ1) is 13.1. The van der Waals surface area contributed by atoms with Gasteiger partial charge in [0.1, 0.15) is 0 Å². The molecule has 0 aromatic carbocycles. The number of hydrogen-bond acceptors (Lipinski definition) is 5. The second-order valence-electron chi connectivity index (χ2n) is 3.55. The molecule has 0 aliphatic heterocycles. The van der Waals surface area contributed by atoms with E-state index in [4.69, 9.17) is 9.47 Å². The summed E-state index contributed by atoms with van der Waals surface area (Å²) in [6, 6.07) is 6.19. The van der Waals surface area contributed by atoms with Crippen LogP contribution in [0, 0.1) is 11.3 Å². The topological polar surface area (TPSA) is 54.3 Å². The van der Waals surface area contributed by atoms with Gasteiger partial charge in [-0.1, -0.05) is 6.07 Å². The van der Waals surface area contributed by atoms with Gasteiger partial charge in [0.2, 0.25) is 0 Å². The normalized spacial score (nSPS) is 14.7. The molecule has 1 heterocycles. The Morgan fingerprint density at radius 1 is 1.56 bits per heavy atom. The molecule has 88 valence electrons. The molecule has 1 rings (SSSR count). The molecule has 1 aromatic heterocycles. The van der Waals surface area contributed by atoms with Crippen LogP contribution < -0.4 is 5.32 Å². The van der Waals surface area contributed by atoms with Gasteiger partial charge in [0.05, 0.1) is 6.07 Å². The standard InChI is InChI=1S/C11H16N2O2S/c1-11(8-12,10(14-2)15-3)13-7-9-5-4-6-16-9/h4-6,10,13H,7H2,1-3H3. The predicted octanol–water partition coefficient (Wildman–Crippen LogP) is 1.74. The molecule has 1 aromatic rings. The molecule has 0 bridgehead atoms. The zero-order chi connectivity index (χ0) is 12.0. The molecule has 16 heavy (non-hydrogen) atoms. The summed E-state index contributed by atoms with van der Waals surface area (Å²) >= 11 is 1.65. The number of methoxy groups -OCH3 is 2. The molecule has 1 N–H and O–H groups in total. The average molecular weight is 240 g/mol. The number of rotatable bonds is 6. The molecule has 4 nitrogen and oxygen atoms in total. The lowest BCUT2D eigenvalue weighted by atomic mass is 10.0. The van der Waals surface area contributed by atoms with Crippen LogP contribution in [0.4, 0.5) is 0 Å². The lowest BCUT2D eigenvalue weighted by molar-refractivity contribution is -0.137. The van der Waals surface area contributed by atoms with E-state index < -0.39 is 11.8 Å². The highest BCUT2D eigenvalue weighted by Gasteiger charge is 2.34. The second-order valence-corrected chi connectivity index (χ2v) is 4.58. The summed E-state index contributed by atoms with van der Waals surface area (Å²) in [5.41, 5.74) is -0.854. The Morgan fingerprint density at radius 3 is 2.69 bits per heavy atom. The highest BCUT2D eigenvalue weighted by molar-refractivity contribution is 7.09. The van der Waals surface area contributed by atoms with Crippen LogP contribution in [0.15, 0.2) is 17.5 Å². The van der Waals surface area contributed by atoms with Gasteiger partial charge in [0, 0.05) is 25.6 Å². The minimum atomic E-state index is -0.854. The molecule has 0 saturated heterocycles. The van der Waals surface area contributed by atoms with Crippen LogP contribution in [0.25, 0.3) is 0 Å². The van der Waals surface area contributed by atoms with Crippen LogP contribution in [0.1, 0.15) is 11.8 Å². The van der Waals surface area contributed by atoms with Gasteiger partial charge in [0.25, 0.3) is 0 Å². The van der Waals surface area contributed by atoms with Gasteiger partial charge in [-0.2, -0.15) is 5.26 Å². The van der Waals surface area contributed by atoms with E-state index in [9.17, 15) is 5.26 Å². The summed E-state index contributed by atoms with van der Waals surface area (Å²) in [4.78, 5) is 1.17. The van der Waals surface area contributed by atoms with Crippen LogP contribution in [-0.4, -0.2) is 26.0 Å². The molecule has 0 saturated carbocycles. The van der Waals surface area contributed by atoms with Crippen molar-refractivity contribution in [3.8, 4) is 6.07 Å². The number of nitrogens with one attached hydrogen (secondary N) is 1. The fraction of sp³-hybridized carbons (Fsp3) is 0.545. The summed E-state index contributed by atoms with van der Waals surface area (Å²) in [7, 11) is 3.05. The molecule has 0 aliphatic carbocycles. The fourth-order valence-electron chi connectivity index (χ4n) is 1.43. The summed E-state index contributed by atoms with van der Waals surface area (Å²) in [6.45, 7) is 2.39. The highest BCUT2D eigenvalue weighted by atomic mass is 32.1. The van der Waals surface area contributed by atoms with Gasteiger partial charge in [-0.25, -0.2) is 0 Å². The molecule has 1 unspecified atom stereocenters. The van der Waals surface area contributed by atoms with Crippen molar-refractivity contribution in [1.29, 1.82) is 5.26 Å². The third kappa shape index (κ3) is 3.03. The van der Waals surface area contributed by atoms with Crippen molar-refractivity contribution in [3.05, 3.63) is 22.4 Å². The molecule has 0 fully saturated rings. The van der Waals surface area contributed by atoms with Crippen molar-refractivity contribution in [2.24, 2.45) is 0 Å². The van der Waals surface area contributed by atoms with Gasteiger partial charge in [0.15, 0.2) is 11.8 Å². The third-order valence-electron chi connectivity index (χ3n) is 2.34. The van der Waals surface area contributed by atoms with Crippen molar-refractivity contribution in [1.82, 2.24) is 5.32 Å². The van der Waals surface area contributed by atoms with Crippen LogP contribution >= 0.6 is 11.3 Å². The van der Waals surface area contributed by atoms with Crippen LogP contribution in [0.2, 0.25) is 0 Å².